The van der Waals surface area contributed by atoms with Crippen LogP contribution in [0.15, 0.2) is 24.4 Å². The van der Waals surface area contributed by atoms with Crippen molar-refractivity contribution in [3.8, 4) is 0 Å². The van der Waals surface area contributed by atoms with Gasteiger partial charge in [0.15, 0.2) is 0 Å². The maximum atomic E-state index is 13.5. The van der Waals surface area contributed by atoms with Crippen molar-refractivity contribution >= 4 is 11.6 Å². The molecular formula is C14H17ClFN3. The minimum Gasteiger partial charge on any atom is -0.313 e. The summed E-state index contributed by atoms with van der Waals surface area (Å²) in [5, 5.41) is 7.76. The number of hydrogen-bond acceptors (Lipinski definition) is 2. The van der Waals surface area contributed by atoms with Crippen LogP contribution in [0.25, 0.3) is 0 Å². The monoisotopic (exact) mass is 281 g/mol. The van der Waals surface area contributed by atoms with E-state index in [1.165, 1.54) is 6.07 Å². The van der Waals surface area contributed by atoms with Crippen LogP contribution >= 0.6 is 11.6 Å². The van der Waals surface area contributed by atoms with Gasteiger partial charge in [0.2, 0.25) is 0 Å². The van der Waals surface area contributed by atoms with Crippen LogP contribution in [0.3, 0.4) is 0 Å². The molecule has 1 aromatic heterocycles. The Labute approximate surface area is 117 Å². The standard InChI is InChI=1S/C14H17ClFN3/c1-9-11(8-19(3)18-9)13(17-2)7-10-5-4-6-12(16)14(10)15/h4-6,8,13,17H,7H2,1-3H3. The van der Waals surface area contributed by atoms with E-state index < -0.39 is 0 Å². The molecule has 1 atom stereocenters. The van der Waals surface area contributed by atoms with Crippen LogP contribution in [-0.2, 0) is 13.5 Å². The lowest BCUT2D eigenvalue weighted by Crippen LogP contribution is -2.19. The predicted molar refractivity (Wildman–Crippen MR) is 74.9 cm³/mol. The first-order chi connectivity index (χ1) is 9.02. The maximum Gasteiger partial charge on any atom is 0.142 e. The Balaban J connectivity index is 2.29. The molecule has 19 heavy (non-hydrogen) atoms. The summed E-state index contributed by atoms with van der Waals surface area (Å²) < 4.78 is 15.2. The number of aromatic nitrogens is 2. The molecule has 0 amide bonds. The van der Waals surface area contributed by atoms with Crippen LogP contribution in [-0.4, -0.2) is 16.8 Å². The fourth-order valence-electron chi connectivity index (χ4n) is 2.25. The van der Waals surface area contributed by atoms with Gasteiger partial charge in [-0.1, -0.05) is 23.7 Å². The normalized spacial score (nSPS) is 12.7. The molecule has 102 valence electrons. The van der Waals surface area contributed by atoms with Crippen molar-refractivity contribution < 1.29 is 4.39 Å². The highest BCUT2D eigenvalue weighted by atomic mass is 35.5. The van der Waals surface area contributed by atoms with Crippen LogP contribution in [0.1, 0.15) is 22.9 Å². The van der Waals surface area contributed by atoms with Gasteiger partial charge in [-0.05, 0) is 32.0 Å². The number of likely N-dealkylation sites (N-methyl/N-ethyl adjacent to an activating group) is 1. The van der Waals surface area contributed by atoms with Crippen molar-refractivity contribution in [1.82, 2.24) is 15.1 Å². The third-order valence-electron chi connectivity index (χ3n) is 3.23. The quantitative estimate of drug-likeness (QED) is 0.934. The average Bonchev–Trinajstić information content (AvgIpc) is 2.70. The second kappa shape index (κ2) is 5.72. The van der Waals surface area contributed by atoms with Gasteiger partial charge in [0.1, 0.15) is 5.82 Å². The molecule has 0 saturated carbocycles. The van der Waals surface area contributed by atoms with Crippen molar-refractivity contribution in [3.63, 3.8) is 0 Å². The second-order valence-corrected chi connectivity index (χ2v) is 4.98. The zero-order valence-electron chi connectivity index (χ0n) is 11.2. The van der Waals surface area contributed by atoms with Crippen LogP contribution < -0.4 is 5.32 Å². The molecule has 2 aromatic rings. The van der Waals surface area contributed by atoms with E-state index >= 15 is 0 Å². The lowest BCUT2D eigenvalue weighted by Gasteiger charge is -2.16. The molecule has 3 nitrogen and oxygen atoms in total. The molecule has 1 unspecified atom stereocenters. The van der Waals surface area contributed by atoms with E-state index in [2.05, 4.69) is 10.4 Å². The fraction of sp³-hybridized carbons (Fsp3) is 0.357. The Morgan fingerprint density at radius 1 is 1.47 bits per heavy atom. The third kappa shape index (κ3) is 2.96. The van der Waals surface area contributed by atoms with Crippen LogP contribution in [0.2, 0.25) is 5.02 Å². The van der Waals surface area contributed by atoms with Gasteiger partial charge in [0.25, 0.3) is 0 Å². The number of aryl methyl sites for hydroxylation is 2. The lowest BCUT2D eigenvalue weighted by molar-refractivity contribution is 0.581. The number of halogens is 2. The average molecular weight is 282 g/mol. The highest BCUT2D eigenvalue weighted by Crippen LogP contribution is 2.26. The van der Waals surface area contributed by atoms with Crippen LogP contribution in [0, 0.1) is 12.7 Å². The van der Waals surface area contributed by atoms with E-state index in [-0.39, 0.29) is 16.9 Å². The van der Waals surface area contributed by atoms with E-state index in [4.69, 9.17) is 11.6 Å². The van der Waals surface area contributed by atoms with E-state index in [1.807, 2.05) is 33.3 Å². The largest absolute Gasteiger partial charge is 0.313 e. The Morgan fingerprint density at radius 3 is 2.79 bits per heavy atom. The van der Waals surface area contributed by atoms with E-state index in [0.29, 0.717) is 6.42 Å². The molecule has 0 saturated heterocycles. The Kier molecular flexibility index (Phi) is 4.22. The lowest BCUT2D eigenvalue weighted by atomic mass is 9.99. The summed E-state index contributed by atoms with van der Waals surface area (Å²) in [5.41, 5.74) is 2.86. The van der Waals surface area contributed by atoms with Gasteiger partial charge in [0, 0.05) is 24.8 Å². The zero-order chi connectivity index (χ0) is 14.0. The van der Waals surface area contributed by atoms with Crippen molar-refractivity contribution in [2.75, 3.05) is 7.05 Å². The highest BCUT2D eigenvalue weighted by molar-refractivity contribution is 6.31. The topological polar surface area (TPSA) is 29.9 Å². The molecule has 0 aliphatic rings. The Hall–Kier alpha value is -1.39. The van der Waals surface area contributed by atoms with Gasteiger partial charge in [-0.2, -0.15) is 5.10 Å². The van der Waals surface area contributed by atoms with Crippen molar-refractivity contribution in [2.45, 2.75) is 19.4 Å². The van der Waals surface area contributed by atoms with Crippen LogP contribution in [0.4, 0.5) is 4.39 Å². The van der Waals surface area contributed by atoms with Gasteiger partial charge in [-0.15, -0.1) is 0 Å². The van der Waals surface area contributed by atoms with Gasteiger partial charge >= 0.3 is 0 Å². The number of nitrogens with one attached hydrogen (secondary N) is 1. The maximum absolute atomic E-state index is 13.5. The minimum atomic E-state index is -0.378. The summed E-state index contributed by atoms with van der Waals surface area (Å²) in [7, 11) is 3.77. The van der Waals surface area contributed by atoms with Gasteiger partial charge in [0.05, 0.1) is 10.7 Å². The first-order valence-electron chi connectivity index (χ1n) is 6.13. The Morgan fingerprint density at radius 2 is 2.21 bits per heavy atom. The smallest absolute Gasteiger partial charge is 0.142 e. The van der Waals surface area contributed by atoms with E-state index in [9.17, 15) is 4.39 Å². The first-order valence-corrected chi connectivity index (χ1v) is 6.51. The highest BCUT2D eigenvalue weighted by Gasteiger charge is 2.17. The number of rotatable bonds is 4. The summed E-state index contributed by atoms with van der Waals surface area (Å²) in [5.74, 6) is -0.378. The van der Waals surface area contributed by atoms with E-state index in [1.54, 1.807) is 10.7 Å². The molecule has 0 radical (unpaired) electrons. The molecule has 1 heterocycles. The number of nitrogens with zero attached hydrogens (tertiary/aromatic N) is 2. The second-order valence-electron chi connectivity index (χ2n) is 4.60. The number of benzene rings is 1. The van der Waals surface area contributed by atoms with E-state index in [0.717, 1.165) is 16.8 Å². The summed E-state index contributed by atoms with van der Waals surface area (Å²) in [6, 6.07) is 4.96. The molecule has 2 rings (SSSR count). The summed E-state index contributed by atoms with van der Waals surface area (Å²) >= 11 is 6.00. The fourth-order valence-corrected chi connectivity index (χ4v) is 2.46. The molecule has 1 aromatic carbocycles. The number of hydrogen-bond donors (Lipinski definition) is 1. The summed E-state index contributed by atoms with van der Waals surface area (Å²) in [6.45, 7) is 1.97. The van der Waals surface area contributed by atoms with Crippen molar-refractivity contribution in [1.29, 1.82) is 0 Å². The predicted octanol–water partition coefficient (Wildman–Crippen LogP) is 3.02. The molecule has 1 N–H and O–H groups in total. The summed E-state index contributed by atoms with van der Waals surface area (Å²) in [6.07, 6.45) is 2.60. The summed E-state index contributed by atoms with van der Waals surface area (Å²) in [4.78, 5) is 0. The van der Waals surface area contributed by atoms with Gasteiger partial charge in [-0.3, -0.25) is 4.68 Å². The molecule has 0 fully saturated rings. The SMILES string of the molecule is CNC(Cc1cccc(F)c1Cl)c1cn(C)nc1C. The molecule has 0 bridgehead atoms. The van der Waals surface area contributed by atoms with Gasteiger partial charge in [-0.25, -0.2) is 4.39 Å². The molecule has 0 aliphatic heterocycles. The third-order valence-corrected chi connectivity index (χ3v) is 3.65. The van der Waals surface area contributed by atoms with Crippen molar-refractivity contribution in [3.05, 3.63) is 52.1 Å². The zero-order valence-corrected chi connectivity index (χ0v) is 12.0. The van der Waals surface area contributed by atoms with Crippen molar-refractivity contribution in [2.24, 2.45) is 7.05 Å². The molecule has 0 spiro atoms. The minimum absolute atomic E-state index is 0.0630. The first kappa shape index (κ1) is 14.0. The van der Waals surface area contributed by atoms with Crippen LogP contribution in [0.5, 0.6) is 0 Å². The van der Waals surface area contributed by atoms with Gasteiger partial charge < -0.3 is 5.32 Å². The molecule has 5 heteroatoms. The molecular weight excluding hydrogens is 265 g/mol. The molecule has 0 aliphatic carbocycles. The Bertz CT molecular complexity index is 580.